The van der Waals surface area contributed by atoms with Crippen LogP contribution in [0.5, 0.6) is 0 Å². The molecule has 4 nitrogen and oxygen atoms in total. The summed E-state index contributed by atoms with van der Waals surface area (Å²) in [5.41, 5.74) is 5.25. The molecule has 1 atom stereocenters. The molecule has 0 saturated carbocycles. The average molecular weight is 536 g/mol. The van der Waals surface area contributed by atoms with E-state index >= 15 is 0 Å². The first kappa shape index (κ1) is 21.6. The standard InChI is InChI=1S/C27H23BrFN3OS/c28-21-7-2-3-8-22(21)30-27(33)32-16-20-19-6-1-4-10-24(19)34-26(20)31-15-5-9-23(31)25(32)17-11-13-18(29)14-12-17/h2-3,5,7-9,11-15,25H,1,4,6,10,16H2,(H,30,33)/t25-/m1/s1. The van der Waals surface area contributed by atoms with Gasteiger partial charge in [0.25, 0.3) is 0 Å². The molecule has 34 heavy (non-hydrogen) atoms. The minimum Gasteiger partial charge on any atom is -0.310 e. The lowest BCUT2D eigenvalue weighted by molar-refractivity contribution is 0.194. The number of hydrogen-bond acceptors (Lipinski definition) is 2. The summed E-state index contributed by atoms with van der Waals surface area (Å²) in [5, 5.41) is 4.31. The van der Waals surface area contributed by atoms with Crippen LogP contribution in [0.2, 0.25) is 0 Å². The molecule has 0 radical (unpaired) electrons. The highest BCUT2D eigenvalue weighted by molar-refractivity contribution is 9.10. The fourth-order valence-corrected chi connectivity index (χ4v) is 6.92. The molecule has 2 aromatic carbocycles. The predicted molar refractivity (Wildman–Crippen MR) is 137 cm³/mol. The Morgan fingerprint density at radius 1 is 1.00 bits per heavy atom. The van der Waals surface area contributed by atoms with Crippen molar-refractivity contribution >= 4 is 39.0 Å². The molecule has 2 amide bonds. The molecule has 0 bridgehead atoms. The molecule has 0 saturated heterocycles. The molecule has 3 heterocycles. The fraction of sp³-hybridized carbons (Fsp3) is 0.222. The van der Waals surface area contributed by atoms with Crippen LogP contribution in [0.15, 0.2) is 71.3 Å². The van der Waals surface area contributed by atoms with Gasteiger partial charge in [-0.25, -0.2) is 9.18 Å². The minimum absolute atomic E-state index is 0.183. The maximum Gasteiger partial charge on any atom is 0.323 e. The van der Waals surface area contributed by atoms with Gasteiger partial charge in [-0.05, 0) is 89.1 Å². The highest BCUT2D eigenvalue weighted by Gasteiger charge is 2.36. The van der Waals surface area contributed by atoms with Crippen LogP contribution in [0.1, 0.15) is 46.1 Å². The number of anilines is 1. The van der Waals surface area contributed by atoms with Gasteiger partial charge in [0.05, 0.1) is 24.0 Å². The van der Waals surface area contributed by atoms with Crippen LogP contribution in [-0.4, -0.2) is 15.5 Å². The number of halogens is 2. The number of fused-ring (bicyclic) bond motifs is 5. The number of carbonyl (C=O) groups is 1. The lowest BCUT2D eigenvalue weighted by atomic mass is 9.95. The molecule has 1 aliphatic carbocycles. The van der Waals surface area contributed by atoms with E-state index in [0.29, 0.717) is 6.54 Å². The van der Waals surface area contributed by atoms with Crippen molar-refractivity contribution < 1.29 is 9.18 Å². The Labute approximate surface area is 210 Å². The third-order valence-corrected chi connectivity index (χ3v) is 8.77. The number of thiophene rings is 1. The molecule has 2 aromatic heterocycles. The molecule has 1 aliphatic heterocycles. The Hall–Kier alpha value is -2.90. The Balaban J connectivity index is 1.51. The van der Waals surface area contributed by atoms with Crippen molar-refractivity contribution in [1.29, 1.82) is 0 Å². The minimum atomic E-state index is -0.350. The van der Waals surface area contributed by atoms with Crippen molar-refractivity contribution in [2.24, 2.45) is 0 Å². The predicted octanol–water partition coefficient (Wildman–Crippen LogP) is 7.46. The normalized spacial score (nSPS) is 16.9. The van der Waals surface area contributed by atoms with Crippen LogP contribution < -0.4 is 5.32 Å². The lowest BCUT2D eigenvalue weighted by Crippen LogP contribution is -2.38. The maximum atomic E-state index is 13.9. The second-order valence-electron chi connectivity index (χ2n) is 8.79. The zero-order chi connectivity index (χ0) is 23.2. The SMILES string of the molecule is O=C(Nc1ccccc1Br)N1Cc2c(sc3c2CCCC3)-n2cccc2[C@H]1c1ccc(F)cc1. The summed E-state index contributed by atoms with van der Waals surface area (Å²) in [6.45, 7) is 0.501. The number of nitrogens with one attached hydrogen (secondary N) is 1. The summed E-state index contributed by atoms with van der Waals surface area (Å²) < 4.78 is 16.9. The van der Waals surface area contributed by atoms with Crippen molar-refractivity contribution in [2.45, 2.75) is 38.3 Å². The van der Waals surface area contributed by atoms with Crippen LogP contribution in [0.4, 0.5) is 14.9 Å². The van der Waals surface area contributed by atoms with Gasteiger partial charge in [-0.15, -0.1) is 11.3 Å². The summed E-state index contributed by atoms with van der Waals surface area (Å²) in [6.07, 6.45) is 6.64. The third kappa shape index (κ3) is 3.67. The third-order valence-electron chi connectivity index (χ3n) is 6.74. The second-order valence-corrected chi connectivity index (χ2v) is 10.7. The highest BCUT2D eigenvalue weighted by atomic mass is 79.9. The topological polar surface area (TPSA) is 37.3 Å². The van der Waals surface area contributed by atoms with E-state index < -0.39 is 0 Å². The molecule has 4 aromatic rings. The number of aryl methyl sites for hydroxylation is 1. The number of urea groups is 1. The van der Waals surface area contributed by atoms with E-state index in [9.17, 15) is 9.18 Å². The first-order chi connectivity index (χ1) is 16.6. The number of amides is 2. The summed E-state index contributed by atoms with van der Waals surface area (Å²) in [4.78, 5) is 17.2. The zero-order valence-electron chi connectivity index (χ0n) is 18.4. The van der Waals surface area contributed by atoms with E-state index in [1.165, 1.54) is 46.0 Å². The van der Waals surface area contributed by atoms with Gasteiger partial charge < -0.3 is 14.8 Å². The summed E-state index contributed by atoms with van der Waals surface area (Å²) >= 11 is 5.40. The Morgan fingerprint density at radius 3 is 2.62 bits per heavy atom. The van der Waals surface area contributed by atoms with Crippen LogP contribution >= 0.6 is 27.3 Å². The molecule has 0 spiro atoms. The molecular weight excluding hydrogens is 513 g/mol. The summed E-state index contributed by atoms with van der Waals surface area (Å²) in [7, 11) is 0. The van der Waals surface area contributed by atoms with E-state index in [1.807, 2.05) is 46.6 Å². The molecule has 6 rings (SSSR count). The first-order valence-electron chi connectivity index (χ1n) is 11.5. The molecular formula is C27H23BrFN3OS. The van der Waals surface area contributed by atoms with Crippen LogP contribution in [0.25, 0.3) is 5.00 Å². The number of benzene rings is 2. The van der Waals surface area contributed by atoms with Crippen molar-refractivity contribution in [3.63, 3.8) is 0 Å². The van der Waals surface area contributed by atoms with Gasteiger partial charge in [0.1, 0.15) is 10.8 Å². The van der Waals surface area contributed by atoms with E-state index in [0.717, 1.165) is 34.3 Å². The summed E-state index contributed by atoms with van der Waals surface area (Å²) in [5.74, 6) is -0.287. The van der Waals surface area contributed by atoms with E-state index in [2.05, 4.69) is 38.1 Å². The monoisotopic (exact) mass is 535 g/mol. The van der Waals surface area contributed by atoms with Crippen LogP contribution in [0.3, 0.4) is 0 Å². The fourth-order valence-electron chi connectivity index (χ4n) is 5.13. The van der Waals surface area contributed by atoms with E-state index in [1.54, 1.807) is 12.1 Å². The number of hydrogen-bond donors (Lipinski definition) is 1. The Kier molecular flexibility index (Phi) is 5.54. The largest absolute Gasteiger partial charge is 0.323 e. The Bertz CT molecular complexity index is 1380. The first-order valence-corrected chi connectivity index (χ1v) is 13.1. The van der Waals surface area contributed by atoms with Gasteiger partial charge in [0.2, 0.25) is 0 Å². The molecule has 2 aliphatic rings. The van der Waals surface area contributed by atoms with Gasteiger partial charge in [-0.2, -0.15) is 0 Å². The van der Waals surface area contributed by atoms with Crippen LogP contribution in [0, 0.1) is 5.82 Å². The van der Waals surface area contributed by atoms with Crippen molar-refractivity contribution in [1.82, 2.24) is 9.47 Å². The molecule has 1 N–H and O–H groups in total. The Morgan fingerprint density at radius 2 is 1.79 bits per heavy atom. The van der Waals surface area contributed by atoms with Gasteiger partial charge in [0.15, 0.2) is 0 Å². The molecule has 0 fully saturated rings. The maximum absolute atomic E-state index is 13.9. The molecule has 0 unspecified atom stereocenters. The number of aromatic nitrogens is 1. The van der Waals surface area contributed by atoms with Crippen molar-refractivity contribution in [3.05, 3.63) is 104 Å². The lowest BCUT2D eigenvalue weighted by Gasteiger charge is -2.31. The number of carbonyl (C=O) groups excluding carboxylic acids is 1. The van der Waals surface area contributed by atoms with Crippen molar-refractivity contribution in [2.75, 3.05) is 5.32 Å². The quantitative estimate of drug-likeness (QED) is 0.284. The van der Waals surface area contributed by atoms with Crippen LogP contribution in [-0.2, 0) is 19.4 Å². The van der Waals surface area contributed by atoms with Crippen molar-refractivity contribution in [3.8, 4) is 5.00 Å². The van der Waals surface area contributed by atoms with Gasteiger partial charge in [-0.1, -0.05) is 24.3 Å². The zero-order valence-corrected chi connectivity index (χ0v) is 20.8. The second kappa shape index (κ2) is 8.71. The van der Waals surface area contributed by atoms with Gasteiger partial charge in [-0.3, -0.25) is 0 Å². The number of rotatable bonds is 2. The molecule has 172 valence electrons. The van der Waals surface area contributed by atoms with E-state index in [-0.39, 0.29) is 17.9 Å². The van der Waals surface area contributed by atoms with E-state index in [4.69, 9.17) is 0 Å². The molecule has 7 heteroatoms. The highest BCUT2D eigenvalue weighted by Crippen LogP contribution is 2.44. The summed E-state index contributed by atoms with van der Waals surface area (Å²) in [6, 6.07) is 17.7. The number of para-hydroxylation sites is 1. The van der Waals surface area contributed by atoms with Gasteiger partial charge in [0, 0.05) is 21.1 Å². The smallest absolute Gasteiger partial charge is 0.310 e. The van der Waals surface area contributed by atoms with Gasteiger partial charge >= 0.3 is 6.03 Å². The number of nitrogens with zero attached hydrogens (tertiary/aromatic N) is 2. The average Bonchev–Trinajstić information content (AvgIpc) is 3.43.